The van der Waals surface area contributed by atoms with Crippen molar-refractivity contribution in [2.75, 3.05) is 13.2 Å². The van der Waals surface area contributed by atoms with Gasteiger partial charge in [-0.05, 0) is 44.9 Å². The van der Waals surface area contributed by atoms with Crippen molar-refractivity contribution in [2.24, 2.45) is 0 Å². The first-order valence-corrected chi connectivity index (χ1v) is 27.1. The summed E-state index contributed by atoms with van der Waals surface area (Å²) >= 11 is 0. The van der Waals surface area contributed by atoms with Crippen molar-refractivity contribution in [3.8, 4) is 0 Å². The maximum absolute atomic E-state index is 13.0. The number of nitrogens with one attached hydrogen (secondary N) is 1. The smallest absolute Gasteiger partial charge is 0.220 e. The lowest BCUT2D eigenvalue weighted by molar-refractivity contribution is -0.302. The van der Waals surface area contributed by atoms with Gasteiger partial charge in [0.2, 0.25) is 5.91 Å². The van der Waals surface area contributed by atoms with Gasteiger partial charge in [0.25, 0.3) is 0 Å². The van der Waals surface area contributed by atoms with Gasteiger partial charge in [-0.2, -0.15) is 0 Å². The third kappa shape index (κ3) is 34.6. The minimum Gasteiger partial charge on any atom is -0.394 e. The minimum absolute atomic E-state index is 0.178. The van der Waals surface area contributed by atoms with Gasteiger partial charge in [0.05, 0.1) is 25.4 Å². The zero-order chi connectivity index (χ0) is 45.9. The number of carbonyl (C=O) groups is 1. The van der Waals surface area contributed by atoms with E-state index in [9.17, 15) is 30.3 Å². The van der Waals surface area contributed by atoms with Gasteiger partial charge in [0.15, 0.2) is 6.29 Å². The number of rotatable bonds is 46. The molecular weight excluding hydrogens is 791 g/mol. The number of aliphatic hydroxyl groups is 5. The molecule has 0 aromatic heterocycles. The predicted molar refractivity (Wildman–Crippen MR) is 263 cm³/mol. The van der Waals surface area contributed by atoms with Gasteiger partial charge in [-0.3, -0.25) is 4.79 Å². The Morgan fingerprint density at radius 3 is 1.29 bits per heavy atom. The van der Waals surface area contributed by atoms with Crippen LogP contribution in [0.25, 0.3) is 0 Å². The molecule has 0 aromatic carbocycles. The van der Waals surface area contributed by atoms with Crippen LogP contribution >= 0.6 is 0 Å². The molecule has 0 aliphatic carbocycles. The lowest BCUT2D eigenvalue weighted by atomic mass is 9.99. The first kappa shape index (κ1) is 59.7. The molecule has 1 aliphatic heterocycles. The second-order valence-corrected chi connectivity index (χ2v) is 19.0. The number of unbranched alkanes of at least 4 members (excludes halogenated alkanes) is 34. The fourth-order valence-electron chi connectivity index (χ4n) is 8.68. The van der Waals surface area contributed by atoms with Crippen molar-refractivity contribution in [3.63, 3.8) is 0 Å². The van der Waals surface area contributed by atoms with E-state index in [0.29, 0.717) is 6.42 Å². The second kappa shape index (κ2) is 44.5. The average molecular weight is 894 g/mol. The van der Waals surface area contributed by atoms with Crippen molar-refractivity contribution in [1.82, 2.24) is 5.32 Å². The van der Waals surface area contributed by atoms with Crippen LogP contribution in [0.4, 0.5) is 0 Å². The molecule has 9 nitrogen and oxygen atoms in total. The molecule has 1 heterocycles. The van der Waals surface area contributed by atoms with Gasteiger partial charge in [0, 0.05) is 6.42 Å². The van der Waals surface area contributed by atoms with Gasteiger partial charge in [0.1, 0.15) is 24.4 Å². The van der Waals surface area contributed by atoms with Gasteiger partial charge >= 0.3 is 0 Å². The van der Waals surface area contributed by atoms with E-state index in [2.05, 4.69) is 31.3 Å². The Labute approximate surface area is 388 Å². The maximum atomic E-state index is 13.0. The van der Waals surface area contributed by atoms with Gasteiger partial charge < -0.3 is 40.3 Å². The summed E-state index contributed by atoms with van der Waals surface area (Å²) in [6.45, 7) is 3.80. The molecule has 0 bridgehead atoms. The van der Waals surface area contributed by atoms with E-state index in [1.807, 2.05) is 6.08 Å². The number of ether oxygens (including phenoxy) is 2. The molecule has 1 rings (SSSR count). The molecule has 0 spiro atoms. The third-order valence-corrected chi connectivity index (χ3v) is 13.0. The van der Waals surface area contributed by atoms with Crippen LogP contribution in [-0.4, -0.2) is 87.5 Å². The van der Waals surface area contributed by atoms with Gasteiger partial charge in [-0.1, -0.05) is 231 Å². The first-order chi connectivity index (χ1) is 30.8. The minimum atomic E-state index is -1.57. The van der Waals surface area contributed by atoms with Crippen molar-refractivity contribution < 1.29 is 39.8 Å². The fraction of sp³-hybridized carbons (Fsp3) is 0.907. The number of hydrogen-bond donors (Lipinski definition) is 6. The Balaban J connectivity index is 2.27. The lowest BCUT2D eigenvalue weighted by Gasteiger charge is -2.40. The number of allylic oxidation sites excluding steroid dienone is 3. The van der Waals surface area contributed by atoms with Crippen molar-refractivity contribution in [3.05, 3.63) is 24.3 Å². The summed E-state index contributed by atoms with van der Waals surface area (Å²) < 4.78 is 11.3. The molecule has 63 heavy (non-hydrogen) atoms. The normalized spacial score (nSPS) is 20.3. The molecule has 7 atom stereocenters. The van der Waals surface area contributed by atoms with Crippen LogP contribution in [0, 0.1) is 0 Å². The zero-order valence-electron chi connectivity index (χ0n) is 41.1. The highest BCUT2D eigenvalue weighted by Gasteiger charge is 2.44. The van der Waals surface area contributed by atoms with Crippen molar-refractivity contribution >= 4 is 5.91 Å². The van der Waals surface area contributed by atoms with E-state index >= 15 is 0 Å². The number of hydrogen-bond acceptors (Lipinski definition) is 8. The van der Waals surface area contributed by atoms with Crippen LogP contribution in [0.15, 0.2) is 24.3 Å². The summed E-state index contributed by atoms with van der Waals surface area (Å²) in [6.07, 6.45) is 48.0. The van der Waals surface area contributed by atoms with Gasteiger partial charge in [-0.15, -0.1) is 0 Å². The van der Waals surface area contributed by atoms with Crippen LogP contribution < -0.4 is 5.32 Å². The van der Waals surface area contributed by atoms with Crippen molar-refractivity contribution in [1.29, 1.82) is 0 Å². The fourth-order valence-corrected chi connectivity index (χ4v) is 8.68. The lowest BCUT2D eigenvalue weighted by Crippen LogP contribution is -2.60. The molecule has 1 saturated heterocycles. The SMILES string of the molecule is CCCCCCCCCCCC/C=C\CCCCCCCCCC(=O)NC(COC1OC(CO)C(O)C(O)C1O)C(O)/C=C/CCCCCCCCCCCCCCCCCCC. The van der Waals surface area contributed by atoms with E-state index in [0.717, 1.165) is 38.5 Å². The summed E-state index contributed by atoms with van der Waals surface area (Å²) in [6, 6.07) is -0.805. The Morgan fingerprint density at radius 1 is 0.524 bits per heavy atom. The van der Waals surface area contributed by atoms with Crippen LogP contribution in [0.2, 0.25) is 0 Å². The van der Waals surface area contributed by atoms with E-state index in [1.54, 1.807) is 6.08 Å². The van der Waals surface area contributed by atoms with Crippen LogP contribution in [0.3, 0.4) is 0 Å². The average Bonchev–Trinajstić information content (AvgIpc) is 3.28. The quantitative estimate of drug-likeness (QED) is 0.0261. The Kier molecular flexibility index (Phi) is 42.2. The molecule has 1 aliphatic rings. The molecule has 0 radical (unpaired) electrons. The second-order valence-electron chi connectivity index (χ2n) is 19.0. The summed E-state index contributed by atoms with van der Waals surface area (Å²) in [4.78, 5) is 13.0. The molecule has 1 fully saturated rings. The molecular formula is C54H103NO8. The molecule has 372 valence electrons. The molecule has 6 N–H and O–H groups in total. The predicted octanol–water partition coefficient (Wildman–Crippen LogP) is 12.6. The molecule has 0 aromatic rings. The van der Waals surface area contributed by atoms with Crippen LogP contribution in [0.5, 0.6) is 0 Å². The molecule has 9 heteroatoms. The topological polar surface area (TPSA) is 149 Å². The van der Waals surface area contributed by atoms with E-state index < -0.39 is 49.5 Å². The molecule has 7 unspecified atom stereocenters. The van der Waals surface area contributed by atoms with Gasteiger partial charge in [-0.25, -0.2) is 0 Å². The summed E-state index contributed by atoms with van der Waals surface area (Å²) in [7, 11) is 0. The van der Waals surface area contributed by atoms with E-state index in [-0.39, 0.29) is 12.5 Å². The van der Waals surface area contributed by atoms with Crippen LogP contribution in [0.1, 0.15) is 258 Å². The highest BCUT2D eigenvalue weighted by Crippen LogP contribution is 2.23. The number of aliphatic hydroxyl groups excluding tert-OH is 5. The monoisotopic (exact) mass is 894 g/mol. The Hall–Kier alpha value is -1.33. The van der Waals surface area contributed by atoms with E-state index in [4.69, 9.17) is 9.47 Å². The largest absolute Gasteiger partial charge is 0.394 e. The zero-order valence-corrected chi connectivity index (χ0v) is 41.1. The Morgan fingerprint density at radius 2 is 0.889 bits per heavy atom. The standard InChI is InChI=1S/C54H103NO8/c1-3-5-7-9-11-13-15-17-19-21-23-24-26-28-30-32-34-36-38-40-42-44-50(58)55-47(46-62-54-53(61)52(60)51(59)49(45-56)63-54)48(57)43-41-39-37-35-33-31-29-27-25-22-20-18-16-14-12-10-8-6-4-2/h24,26,41,43,47-49,51-54,56-57,59-61H,3-23,25,27-40,42,44-46H2,1-2H3,(H,55,58)/b26-24-,43-41+. The number of amides is 1. The molecule has 1 amide bonds. The Bertz CT molecular complexity index is 1040. The molecule has 0 saturated carbocycles. The summed E-state index contributed by atoms with van der Waals surface area (Å²) in [5.74, 6) is -0.178. The maximum Gasteiger partial charge on any atom is 0.220 e. The van der Waals surface area contributed by atoms with E-state index in [1.165, 1.54) is 199 Å². The summed E-state index contributed by atoms with van der Waals surface area (Å²) in [5, 5.41) is 54.4. The first-order valence-electron chi connectivity index (χ1n) is 27.1. The highest BCUT2D eigenvalue weighted by atomic mass is 16.7. The van der Waals surface area contributed by atoms with Crippen molar-refractivity contribution in [2.45, 2.75) is 301 Å². The number of carbonyl (C=O) groups excluding carboxylic acids is 1. The highest BCUT2D eigenvalue weighted by molar-refractivity contribution is 5.76. The van der Waals surface area contributed by atoms with Crippen LogP contribution in [-0.2, 0) is 14.3 Å². The third-order valence-electron chi connectivity index (χ3n) is 13.0. The summed E-state index contributed by atoms with van der Waals surface area (Å²) in [5.41, 5.74) is 0.